The average Bonchev–Trinajstić information content (AvgIpc) is 2.27. The van der Waals surface area contributed by atoms with Gasteiger partial charge in [0.05, 0.1) is 12.8 Å². The monoisotopic (exact) mass is 246 g/mol. The fourth-order valence-electron chi connectivity index (χ4n) is 1.74. The van der Waals surface area contributed by atoms with E-state index < -0.39 is 0 Å². The highest BCUT2D eigenvalue weighted by atomic mass is 32.1. The molecule has 4 heteroatoms. The molecule has 1 aromatic heterocycles. The van der Waals surface area contributed by atoms with Gasteiger partial charge in [0.15, 0.2) is 4.77 Å². The molecule has 0 fully saturated rings. The molecule has 0 atom stereocenters. The van der Waals surface area contributed by atoms with Crippen LogP contribution in [0.15, 0.2) is 24.3 Å². The Morgan fingerprint density at radius 3 is 2.65 bits per heavy atom. The lowest BCUT2D eigenvalue weighted by molar-refractivity contribution is 0.416. The standard InChI is InChI=1S/C13H14N2OS/c1-8-4-5-12(16-3)10(6-8)11-7-9(2)14-13(17)15-11/h4-7H,1-3H3,(H,14,15,17). The molecule has 0 radical (unpaired) electrons. The Morgan fingerprint density at radius 2 is 2.00 bits per heavy atom. The zero-order valence-corrected chi connectivity index (χ0v) is 10.9. The summed E-state index contributed by atoms with van der Waals surface area (Å²) in [5, 5.41) is 0. The third kappa shape index (κ3) is 2.53. The molecule has 2 rings (SSSR count). The van der Waals surface area contributed by atoms with E-state index in [0.29, 0.717) is 4.77 Å². The zero-order valence-electron chi connectivity index (χ0n) is 10.1. The van der Waals surface area contributed by atoms with Gasteiger partial charge in [0.25, 0.3) is 0 Å². The van der Waals surface area contributed by atoms with Gasteiger partial charge >= 0.3 is 0 Å². The van der Waals surface area contributed by atoms with Gasteiger partial charge in [0, 0.05) is 11.3 Å². The van der Waals surface area contributed by atoms with Crippen molar-refractivity contribution >= 4 is 12.2 Å². The number of nitrogens with zero attached hydrogens (tertiary/aromatic N) is 1. The van der Waals surface area contributed by atoms with Gasteiger partial charge in [-0.25, -0.2) is 4.98 Å². The molecule has 0 saturated carbocycles. The first-order chi connectivity index (χ1) is 8.10. The van der Waals surface area contributed by atoms with Crippen molar-refractivity contribution in [3.8, 4) is 17.0 Å². The Hall–Kier alpha value is -1.68. The van der Waals surface area contributed by atoms with Crippen molar-refractivity contribution in [1.29, 1.82) is 0 Å². The van der Waals surface area contributed by atoms with Crippen LogP contribution < -0.4 is 4.74 Å². The number of hydrogen-bond acceptors (Lipinski definition) is 3. The maximum Gasteiger partial charge on any atom is 0.197 e. The minimum atomic E-state index is 0.489. The molecule has 0 bridgehead atoms. The Kier molecular flexibility index (Phi) is 3.24. The van der Waals surface area contributed by atoms with Crippen LogP contribution >= 0.6 is 12.2 Å². The van der Waals surface area contributed by atoms with E-state index in [9.17, 15) is 0 Å². The average molecular weight is 246 g/mol. The Balaban J connectivity index is 2.66. The van der Waals surface area contributed by atoms with Gasteiger partial charge in [0.2, 0.25) is 0 Å². The molecule has 3 nitrogen and oxygen atoms in total. The molecule has 1 heterocycles. The summed E-state index contributed by atoms with van der Waals surface area (Å²) in [6.45, 7) is 4.00. The molecule has 2 aromatic rings. The molecule has 0 aliphatic carbocycles. The van der Waals surface area contributed by atoms with Crippen LogP contribution in [0.1, 0.15) is 11.3 Å². The van der Waals surface area contributed by atoms with Gasteiger partial charge in [0.1, 0.15) is 5.75 Å². The van der Waals surface area contributed by atoms with Crippen molar-refractivity contribution in [1.82, 2.24) is 9.97 Å². The molecule has 17 heavy (non-hydrogen) atoms. The lowest BCUT2D eigenvalue weighted by Gasteiger charge is -2.09. The van der Waals surface area contributed by atoms with Gasteiger partial charge in [-0.15, -0.1) is 0 Å². The molecule has 0 amide bonds. The molecule has 0 saturated heterocycles. The predicted octanol–water partition coefficient (Wildman–Crippen LogP) is 3.43. The van der Waals surface area contributed by atoms with Crippen LogP contribution in [0, 0.1) is 18.6 Å². The summed E-state index contributed by atoms with van der Waals surface area (Å²) < 4.78 is 5.84. The first kappa shape index (κ1) is 11.8. The number of benzene rings is 1. The van der Waals surface area contributed by atoms with E-state index >= 15 is 0 Å². The molecule has 0 aliphatic heterocycles. The van der Waals surface area contributed by atoms with Crippen LogP contribution in [0.2, 0.25) is 0 Å². The molecule has 88 valence electrons. The SMILES string of the molecule is COc1ccc(C)cc1-c1cc(C)[nH]c(=S)n1. The minimum Gasteiger partial charge on any atom is -0.496 e. The summed E-state index contributed by atoms with van der Waals surface area (Å²) >= 11 is 5.09. The van der Waals surface area contributed by atoms with Crippen LogP contribution in [0.5, 0.6) is 5.75 Å². The van der Waals surface area contributed by atoms with Gasteiger partial charge in [-0.05, 0) is 44.3 Å². The number of nitrogens with one attached hydrogen (secondary N) is 1. The highest BCUT2D eigenvalue weighted by Crippen LogP contribution is 2.29. The van der Waals surface area contributed by atoms with Crippen molar-refractivity contribution in [2.45, 2.75) is 13.8 Å². The Morgan fingerprint density at radius 1 is 1.24 bits per heavy atom. The molecular weight excluding hydrogens is 232 g/mol. The van der Waals surface area contributed by atoms with Crippen LogP contribution in [-0.2, 0) is 0 Å². The number of aryl methyl sites for hydroxylation is 2. The summed E-state index contributed by atoms with van der Waals surface area (Å²) in [7, 11) is 1.66. The van der Waals surface area contributed by atoms with E-state index in [1.807, 2.05) is 32.0 Å². The highest BCUT2D eigenvalue weighted by Gasteiger charge is 2.08. The Labute approximate surface area is 105 Å². The van der Waals surface area contributed by atoms with Crippen LogP contribution in [0.25, 0.3) is 11.3 Å². The van der Waals surface area contributed by atoms with Crippen molar-refractivity contribution < 1.29 is 4.74 Å². The first-order valence-corrected chi connectivity index (χ1v) is 5.74. The van der Waals surface area contributed by atoms with E-state index in [2.05, 4.69) is 16.0 Å². The Bertz CT molecular complexity index is 605. The number of ether oxygens (including phenoxy) is 1. The van der Waals surface area contributed by atoms with Crippen molar-refractivity contribution in [3.05, 3.63) is 40.3 Å². The zero-order chi connectivity index (χ0) is 12.4. The predicted molar refractivity (Wildman–Crippen MR) is 70.9 cm³/mol. The van der Waals surface area contributed by atoms with Gasteiger partial charge in [-0.2, -0.15) is 0 Å². The first-order valence-electron chi connectivity index (χ1n) is 5.33. The van der Waals surface area contributed by atoms with E-state index in [1.165, 1.54) is 5.56 Å². The summed E-state index contributed by atoms with van der Waals surface area (Å²) in [5.74, 6) is 0.808. The molecule has 0 unspecified atom stereocenters. The number of H-pyrrole nitrogens is 1. The van der Waals surface area contributed by atoms with Crippen molar-refractivity contribution in [2.24, 2.45) is 0 Å². The van der Waals surface area contributed by atoms with Crippen LogP contribution in [-0.4, -0.2) is 17.1 Å². The second-order valence-electron chi connectivity index (χ2n) is 3.96. The largest absolute Gasteiger partial charge is 0.496 e. The number of methoxy groups -OCH3 is 1. The molecule has 0 spiro atoms. The maximum absolute atomic E-state index is 5.35. The number of hydrogen-bond donors (Lipinski definition) is 1. The molecule has 0 aliphatic rings. The molecule has 1 N–H and O–H groups in total. The fourth-order valence-corrected chi connectivity index (χ4v) is 2.00. The van der Waals surface area contributed by atoms with Crippen molar-refractivity contribution in [3.63, 3.8) is 0 Å². The third-order valence-corrected chi connectivity index (χ3v) is 2.70. The van der Waals surface area contributed by atoms with Crippen molar-refractivity contribution in [2.75, 3.05) is 7.11 Å². The van der Waals surface area contributed by atoms with Gasteiger partial charge in [-0.1, -0.05) is 11.6 Å². The lowest BCUT2D eigenvalue weighted by Crippen LogP contribution is -1.94. The quantitative estimate of drug-likeness (QED) is 0.825. The van der Waals surface area contributed by atoms with Crippen LogP contribution in [0.4, 0.5) is 0 Å². The molecule has 1 aromatic carbocycles. The minimum absolute atomic E-state index is 0.489. The number of aromatic nitrogens is 2. The summed E-state index contributed by atoms with van der Waals surface area (Å²) in [6.07, 6.45) is 0. The highest BCUT2D eigenvalue weighted by molar-refractivity contribution is 7.71. The van der Waals surface area contributed by atoms with Crippen LogP contribution in [0.3, 0.4) is 0 Å². The van der Waals surface area contributed by atoms with Gasteiger partial charge < -0.3 is 9.72 Å². The maximum atomic E-state index is 5.35. The number of aromatic amines is 1. The summed E-state index contributed by atoms with van der Waals surface area (Å²) in [5.41, 5.74) is 3.96. The summed E-state index contributed by atoms with van der Waals surface area (Å²) in [6, 6.07) is 7.97. The topological polar surface area (TPSA) is 37.9 Å². The third-order valence-electron chi connectivity index (χ3n) is 2.51. The fraction of sp³-hybridized carbons (Fsp3) is 0.231. The second kappa shape index (κ2) is 4.67. The van der Waals surface area contributed by atoms with E-state index in [-0.39, 0.29) is 0 Å². The number of rotatable bonds is 2. The van der Waals surface area contributed by atoms with E-state index in [0.717, 1.165) is 22.7 Å². The van der Waals surface area contributed by atoms with Gasteiger partial charge in [-0.3, -0.25) is 0 Å². The molecular formula is C13H14N2OS. The summed E-state index contributed by atoms with van der Waals surface area (Å²) in [4.78, 5) is 7.33. The lowest BCUT2D eigenvalue weighted by atomic mass is 10.1. The normalized spacial score (nSPS) is 10.3. The van der Waals surface area contributed by atoms with E-state index in [4.69, 9.17) is 17.0 Å². The second-order valence-corrected chi connectivity index (χ2v) is 4.34. The van der Waals surface area contributed by atoms with E-state index in [1.54, 1.807) is 7.11 Å². The smallest absolute Gasteiger partial charge is 0.197 e.